The van der Waals surface area contributed by atoms with Crippen LogP contribution in [-0.4, -0.2) is 42.8 Å². The molecule has 2 N–H and O–H groups in total. The second kappa shape index (κ2) is 9.85. The van der Waals surface area contributed by atoms with Gasteiger partial charge in [0, 0.05) is 17.9 Å². The number of halogens is 1. The van der Waals surface area contributed by atoms with E-state index in [4.69, 9.17) is 25.8 Å². The Morgan fingerprint density at radius 1 is 1.12 bits per heavy atom. The molecule has 1 spiro atoms. The van der Waals surface area contributed by atoms with Gasteiger partial charge in [-0.2, -0.15) is 0 Å². The van der Waals surface area contributed by atoms with Gasteiger partial charge in [0.15, 0.2) is 11.4 Å². The Morgan fingerprint density at radius 2 is 1.79 bits per heavy atom. The summed E-state index contributed by atoms with van der Waals surface area (Å²) in [5, 5.41) is 14.4. The monoisotopic (exact) mass is 471 g/mol. The molecule has 0 bridgehead atoms. The number of aliphatic hydroxyl groups is 1. The van der Waals surface area contributed by atoms with Gasteiger partial charge < -0.3 is 24.6 Å². The molecule has 1 atom stereocenters. The predicted octanol–water partition coefficient (Wildman–Crippen LogP) is 4.67. The summed E-state index contributed by atoms with van der Waals surface area (Å²) < 4.78 is 17.3. The highest BCUT2D eigenvalue weighted by molar-refractivity contribution is 6.30. The van der Waals surface area contributed by atoms with Gasteiger partial charge in [-0.1, -0.05) is 49.7 Å². The molecule has 2 aliphatic heterocycles. The number of carbonyl (C=O) groups is 1. The Bertz CT molecular complexity index is 1040. The van der Waals surface area contributed by atoms with Gasteiger partial charge in [0.1, 0.15) is 5.57 Å². The summed E-state index contributed by atoms with van der Waals surface area (Å²) in [6.45, 7) is 6.12. The molecule has 0 amide bonds. The van der Waals surface area contributed by atoms with Gasteiger partial charge in [0.2, 0.25) is 0 Å². The van der Waals surface area contributed by atoms with Gasteiger partial charge in [0.25, 0.3) is 0 Å². The number of hydrogen-bond donors (Lipinski definition) is 2. The van der Waals surface area contributed by atoms with E-state index in [1.54, 1.807) is 0 Å². The van der Waals surface area contributed by atoms with E-state index in [-0.39, 0.29) is 5.92 Å². The maximum Gasteiger partial charge on any atom is 0.343 e. The summed E-state index contributed by atoms with van der Waals surface area (Å²) in [5.74, 6) is 0.130. The number of carbonyl (C=O) groups excluding carboxylic acids is 1. The molecular weight excluding hydrogens is 442 g/mol. The van der Waals surface area contributed by atoms with Crippen molar-refractivity contribution in [3.05, 3.63) is 64.4 Å². The van der Waals surface area contributed by atoms with E-state index < -0.39 is 18.0 Å². The van der Waals surface area contributed by atoms with E-state index in [2.05, 4.69) is 5.32 Å². The molecular formula is C26H30ClNO5. The van der Waals surface area contributed by atoms with Crippen molar-refractivity contribution in [2.24, 2.45) is 5.92 Å². The molecule has 176 valence electrons. The summed E-state index contributed by atoms with van der Waals surface area (Å²) in [7, 11) is 0. The lowest BCUT2D eigenvalue weighted by Crippen LogP contribution is -2.45. The summed E-state index contributed by atoms with van der Waals surface area (Å²) in [6, 6.07) is 13.5. The number of benzene rings is 2. The zero-order valence-corrected chi connectivity index (χ0v) is 19.9. The number of ether oxygens (including phenoxy) is 3. The van der Waals surface area contributed by atoms with Crippen LogP contribution < -0.4 is 5.32 Å². The van der Waals surface area contributed by atoms with Crippen LogP contribution in [0.2, 0.25) is 5.02 Å². The SMILES string of the molecule is Cc1ccc(-c2ccc(Cl)cc2)cc1C1=C(OC(O)OCC(C)C)C2(CCNCC2)OC1=O. The fourth-order valence-electron chi connectivity index (χ4n) is 4.28. The molecule has 1 saturated heterocycles. The fourth-order valence-corrected chi connectivity index (χ4v) is 4.40. The Balaban J connectivity index is 1.78. The molecule has 7 heteroatoms. The number of aliphatic hydroxyl groups excluding tert-OH is 1. The number of esters is 1. The fraction of sp³-hybridized carbons (Fsp3) is 0.423. The lowest BCUT2D eigenvalue weighted by atomic mass is 9.87. The van der Waals surface area contributed by atoms with E-state index >= 15 is 0 Å². The van der Waals surface area contributed by atoms with Crippen molar-refractivity contribution in [2.45, 2.75) is 45.7 Å². The van der Waals surface area contributed by atoms with Crippen LogP contribution in [-0.2, 0) is 19.0 Å². The van der Waals surface area contributed by atoms with Gasteiger partial charge in [-0.3, -0.25) is 0 Å². The van der Waals surface area contributed by atoms with Crippen molar-refractivity contribution in [3.8, 4) is 11.1 Å². The molecule has 2 aromatic carbocycles. The number of nitrogens with one attached hydrogen (secondary N) is 1. The normalized spacial score (nSPS) is 18.7. The van der Waals surface area contributed by atoms with Crippen molar-refractivity contribution >= 4 is 23.1 Å². The Morgan fingerprint density at radius 3 is 2.45 bits per heavy atom. The highest BCUT2D eigenvalue weighted by Gasteiger charge is 2.51. The number of aryl methyl sites for hydroxylation is 1. The Kier molecular flexibility index (Phi) is 7.10. The van der Waals surface area contributed by atoms with Crippen LogP contribution in [0, 0.1) is 12.8 Å². The average molecular weight is 472 g/mol. The molecule has 1 unspecified atom stereocenters. The van der Waals surface area contributed by atoms with Crippen molar-refractivity contribution in [1.82, 2.24) is 5.32 Å². The number of hydrogen-bond acceptors (Lipinski definition) is 6. The van der Waals surface area contributed by atoms with Crippen LogP contribution in [0.5, 0.6) is 0 Å². The molecule has 4 rings (SSSR count). The topological polar surface area (TPSA) is 77.0 Å². The van der Waals surface area contributed by atoms with Gasteiger partial charge in [-0.05, 0) is 66.4 Å². The van der Waals surface area contributed by atoms with E-state index in [9.17, 15) is 9.90 Å². The maximum absolute atomic E-state index is 13.2. The molecule has 2 heterocycles. The largest absolute Gasteiger partial charge is 0.447 e. The van der Waals surface area contributed by atoms with Crippen LogP contribution in [0.4, 0.5) is 0 Å². The average Bonchev–Trinajstić information content (AvgIpc) is 3.04. The van der Waals surface area contributed by atoms with E-state index in [0.717, 1.165) is 16.7 Å². The van der Waals surface area contributed by atoms with Gasteiger partial charge in [0.05, 0.1) is 6.61 Å². The molecule has 0 radical (unpaired) electrons. The predicted molar refractivity (Wildman–Crippen MR) is 127 cm³/mol. The van der Waals surface area contributed by atoms with E-state index in [1.165, 1.54) is 0 Å². The van der Waals surface area contributed by atoms with Crippen molar-refractivity contribution in [3.63, 3.8) is 0 Å². The van der Waals surface area contributed by atoms with E-state index in [0.29, 0.717) is 54.5 Å². The third kappa shape index (κ3) is 5.09. The summed E-state index contributed by atoms with van der Waals surface area (Å²) >= 11 is 6.05. The van der Waals surface area contributed by atoms with Crippen LogP contribution >= 0.6 is 11.6 Å². The standard InChI is InChI=1S/C26H30ClNO5/c1-16(2)15-31-25(30)32-23-22(24(29)33-26(23)10-12-28-13-11-26)21-14-19(5-4-17(21)3)18-6-8-20(27)9-7-18/h4-9,14,16,25,28,30H,10-13,15H2,1-3H3. The first kappa shape index (κ1) is 23.8. The Labute approximate surface area is 199 Å². The minimum absolute atomic E-state index is 0.226. The lowest BCUT2D eigenvalue weighted by Gasteiger charge is -2.35. The summed E-state index contributed by atoms with van der Waals surface area (Å²) in [6.07, 6.45) is 1.12. The molecule has 6 nitrogen and oxygen atoms in total. The molecule has 0 aliphatic carbocycles. The van der Waals surface area contributed by atoms with Crippen LogP contribution in [0.25, 0.3) is 16.7 Å². The minimum atomic E-state index is -1.49. The van der Waals surface area contributed by atoms with E-state index in [1.807, 2.05) is 63.2 Å². The quantitative estimate of drug-likeness (QED) is 0.451. The molecule has 1 fully saturated rings. The highest BCUT2D eigenvalue weighted by Crippen LogP contribution is 2.45. The Hall–Kier alpha value is -2.38. The first-order chi connectivity index (χ1) is 15.8. The molecule has 2 aliphatic rings. The van der Waals surface area contributed by atoms with Crippen LogP contribution in [0.3, 0.4) is 0 Å². The highest BCUT2D eigenvalue weighted by atomic mass is 35.5. The number of rotatable bonds is 7. The third-order valence-electron chi connectivity index (χ3n) is 6.02. The van der Waals surface area contributed by atoms with Crippen molar-refractivity contribution < 1.29 is 24.1 Å². The number of piperidine rings is 1. The molecule has 2 aromatic rings. The van der Waals surface area contributed by atoms with Gasteiger partial charge >= 0.3 is 12.4 Å². The second-order valence-electron chi connectivity index (χ2n) is 9.03. The summed E-state index contributed by atoms with van der Waals surface area (Å²) in [5.41, 5.74) is 2.97. The summed E-state index contributed by atoms with van der Waals surface area (Å²) in [4.78, 5) is 13.2. The van der Waals surface area contributed by atoms with Crippen LogP contribution in [0.15, 0.2) is 48.2 Å². The maximum atomic E-state index is 13.2. The molecule has 0 saturated carbocycles. The third-order valence-corrected chi connectivity index (χ3v) is 6.27. The lowest BCUT2D eigenvalue weighted by molar-refractivity contribution is -0.258. The second-order valence-corrected chi connectivity index (χ2v) is 9.46. The van der Waals surface area contributed by atoms with Gasteiger partial charge in [-0.15, -0.1) is 0 Å². The van der Waals surface area contributed by atoms with Gasteiger partial charge in [-0.25, -0.2) is 4.79 Å². The first-order valence-electron chi connectivity index (χ1n) is 11.3. The smallest absolute Gasteiger partial charge is 0.343 e. The van der Waals surface area contributed by atoms with Crippen molar-refractivity contribution in [1.29, 1.82) is 0 Å². The van der Waals surface area contributed by atoms with Crippen LogP contribution in [0.1, 0.15) is 37.8 Å². The molecule has 33 heavy (non-hydrogen) atoms. The first-order valence-corrected chi connectivity index (χ1v) is 11.7. The minimum Gasteiger partial charge on any atom is -0.447 e. The zero-order chi connectivity index (χ0) is 23.6. The van der Waals surface area contributed by atoms with Crippen molar-refractivity contribution in [2.75, 3.05) is 19.7 Å². The zero-order valence-electron chi connectivity index (χ0n) is 19.2. The molecule has 0 aromatic heterocycles.